The van der Waals surface area contributed by atoms with Crippen molar-refractivity contribution in [2.24, 2.45) is 5.92 Å². The molecule has 2 rings (SSSR count). The molecule has 1 heterocycles. The highest BCUT2D eigenvalue weighted by Crippen LogP contribution is 2.41. The van der Waals surface area contributed by atoms with Gasteiger partial charge < -0.3 is 4.74 Å². The third-order valence-corrected chi connectivity index (χ3v) is 3.22. The van der Waals surface area contributed by atoms with Crippen molar-refractivity contribution in [2.75, 3.05) is 0 Å². The molecule has 2 fully saturated rings. The Hall–Kier alpha value is -1.83. The van der Waals surface area contributed by atoms with Crippen LogP contribution in [0.2, 0.25) is 0 Å². The van der Waals surface area contributed by atoms with E-state index in [2.05, 4.69) is 16.7 Å². The molecule has 16 heavy (non-hydrogen) atoms. The number of hydrogen-bond donors (Lipinski definition) is 1. The van der Waals surface area contributed by atoms with E-state index in [0.717, 1.165) is 6.08 Å². The van der Waals surface area contributed by atoms with Gasteiger partial charge in [-0.2, -0.15) is 0 Å². The predicted octanol–water partition coefficient (Wildman–Crippen LogP) is 0.630. The molecule has 84 valence electrons. The second-order valence-electron chi connectivity index (χ2n) is 4.13. The Balaban J connectivity index is 2.22. The number of nitrogens with zero attached hydrogens (tertiary/aromatic N) is 1. The van der Waals surface area contributed by atoms with Crippen LogP contribution in [0.5, 0.6) is 0 Å². The Bertz CT molecular complexity index is 399. The van der Waals surface area contributed by atoms with Gasteiger partial charge in [-0.3, -0.25) is 19.8 Å². The number of esters is 1. The summed E-state index contributed by atoms with van der Waals surface area (Å²) in [6.07, 6.45) is 2.18. The smallest absolute Gasteiger partial charge is 0.344 e. The second-order valence-corrected chi connectivity index (χ2v) is 4.13. The van der Waals surface area contributed by atoms with Gasteiger partial charge in [0.25, 0.3) is 0 Å². The van der Waals surface area contributed by atoms with Crippen LogP contribution in [0.4, 0.5) is 0 Å². The maximum atomic E-state index is 11.4. The average Bonchev–Trinajstić information content (AvgIpc) is 2.61. The number of carbonyl (C=O) groups is 2. The normalized spacial score (nSPS) is 36.1. The fourth-order valence-electron chi connectivity index (χ4n) is 2.29. The minimum absolute atomic E-state index is 0.0968. The second kappa shape index (κ2) is 3.63. The summed E-state index contributed by atoms with van der Waals surface area (Å²) < 4.78 is 5.14. The molecule has 1 amide bonds. The number of rotatable bonds is 2. The van der Waals surface area contributed by atoms with Crippen molar-refractivity contribution < 1.29 is 14.3 Å². The first-order valence-electron chi connectivity index (χ1n) is 5.15. The zero-order valence-corrected chi connectivity index (χ0v) is 8.73. The van der Waals surface area contributed by atoms with Crippen LogP contribution in [0.1, 0.15) is 19.3 Å². The van der Waals surface area contributed by atoms with Crippen LogP contribution >= 0.6 is 0 Å². The summed E-state index contributed by atoms with van der Waals surface area (Å²) in [7, 11) is 0. The topological polar surface area (TPSA) is 59.8 Å². The predicted molar refractivity (Wildman–Crippen MR) is 54.9 cm³/mol. The van der Waals surface area contributed by atoms with Gasteiger partial charge in [0.05, 0.1) is 12.3 Å². The van der Waals surface area contributed by atoms with Gasteiger partial charge in [0.15, 0.2) is 0 Å². The van der Waals surface area contributed by atoms with Crippen molar-refractivity contribution in [3.8, 4) is 0 Å². The lowest BCUT2D eigenvalue weighted by Crippen LogP contribution is -2.55. The Morgan fingerprint density at radius 2 is 2.50 bits per heavy atom. The molecule has 2 bridgehead atoms. The number of carbonyl (C=O) groups excluding carboxylic acids is 2. The summed E-state index contributed by atoms with van der Waals surface area (Å²) in [6.45, 7) is 10.6. The van der Waals surface area contributed by atoms with Gasteiger partial charge in [-0.05, 0) is 12.5 Å². The van der Waals surface area contributed by atoms with Crippen molar-refractivity contribution in [1.29, 1.82) is 0 Å². The van der Waals surface area contributed by atoms with E-state index >= 15 is 0 Å². The Morgan fingerprint density at radius 3 is 3.12 bits per heavy atom. The standard InChI is InChI=1S/C11H12N2O3/c1-3-9(14)13-11(12-2)5-4-7-6-8(11)16-10(7)15/h3,7-8H,1,4-6H2,(H,13,14). The van der Waals surface area contributed by atoms with Gasteiger partial charge in [-0.15, -0.1) is 0 Å². The monoisotopic (exact) mass is 220 g/mol. The molecule has 0 radical (unpaired) electrons. The maximum Gasteiger partial charge on any atom is 0.344 e. The maximum absolute atomic E-state index is 11.4. The third kappa shape index (κ3) is 1.47. The Kier molecular flexibility index (Phi) is 2.43. The summed E-state index contributed by atoms with van der Waals surface area (Å²) in [6, 6.07) is 0. The molecule has 1 N–H and O–H groups in total. The lowest BCUT2D eigenvalue weighted by Gasteiger charge is -2.29. The van der Waals surface area contributed by atoms with Gasteiger partial charge in [-0.25, -0.2) is 6.57 Å². The number of amides is 1. The highest BCUT2D eigenvalue weighted by Gasteiger charge is 2.58. The summed E-state index contributed by atoms with van der Waals surface area (Å²) in [4.78, 5) is 26.1. The van der Waals surface area contributed by atoms with E-state index in [1.54, 1.807) is 0 Å². The van der Waals surface area contributed by atoms with Gasteiger partial charge in [0.2, 0.25) is 12.0 Å². The molecule has 3 unspecified atom stereocenters. The molecule has 0 aromatic rings. The fraction of sp³-hybridized carbons (Fsp3) is 0.545. The SMILES string of the molecule is [C-]#[N+]C1(NC(=O)C=C)CCC2CC1OC2=O. The van der Waals surface area contributed by atoms with E-state index in [9.17, 15) is 9.59 Å². The molecule has 5 heteroatoms. The molecule has 1 aliphatic carbocycles. The van der Waals surface area contributed by atoms with E-state index in [1.165, 1.54) is 0 Å². The first kappa shape index (κ1) is 10.7. The molecular weight excluding hydrogens is 208 g/mol. The zero-order valence-electron chi connectivity index (χ0n) is 8.73. The highest BCUT2D eigenvalue weighted by molar-refractivity contribution is 5.88. The average molecular weight is 220 g/mol. The van der Waals surface area contributed by atoms with Crippen molar-refractivity contribution in [3.05, 3.63) is 24.1 Å². The van der Waals surface area contributed by atoms with Crippen LogP contribution in [-0.2, 0) is 14.3 Å². The first-order valence-corrected chi connectivity index (χ1v) is 5.15. The van der Waals surface area contributed by atoms with Crippen LogP contribution < -0.4 is 5.32 Å². The summed E-state index contributed by atoms with van der Waals surface area (Å²) in [5.41, 5.74) is -1.09. The molecule has 0 spiro atoms. The van der Waals surface area contributed by atoms with Gasteiger partial charge in [0.1, 0.15) is 0 Å². The van der Waals surface area contributed by atoms with Crippen LogP contribution in [0.3, 0.4) is 0 Å². The fourth-order valence-corrected chi connectivity index (χ4v) is 2.29. The summed E-state index contributed by atoms with van der Waals surface area (Å²) >= 11 is 0. The Labute approximate surface area is 93.3 Å². The number of ether oxygens (including phenoxy) is 1. The molecule has 3 atom stereocenters. The molecule has 0 aromatic carbocycles. The van der Waals surface area contributed by atoms with E-state index in [1.807, 2.05) is 0 Å². The van der Waals surface area contributed by atoms with E-state index in [4.69, 9.17) is 11.3 Å². The quantitative estimate of drug-likeness (QED) is 0.422. The van der Waals surface area contributed by atoms with Gasteiger partial charge in [-0.1, -0.05) is 6.58 Å². The van der Waals surface area contributed by atoms with Gasteiger partial charge >= 0.3 is 11.6 Å². The molecule has 2 aliphatic rings. The molecule has 1 aliphatic heterocycles. The first-order chi connectivity index (χ1) is 7.61. The molecule has 1 saturated heterocycles. The van der Waals surface area contributed by atoms with Crippen LogP contribution in [0, 0.1) is 12.5 Å². The van der Waals surface area contributed by atoms with E-state index in [-0.39, 0.29) is 11.9 Å². The molecule has 5 nitrogen and oxygen atoms in total. The lowest BCUT2D eigenvalue weighted by molar-refractivity contribution is -0.145. The molecule has 1 saturated carbocycles. The van der Waals surface area contributed by atoms with Crippen molar-refractivity contribution in [1.82, 2.24) is 5.32 Å². The van der Waals surface area contributed by atoms with E-state index in [0.29, 0.717) is 19.3 Å². The van der Waals surface area contributed by atoms with Crippen molar-refractivity contribution in [2.45, 2.75) is 31.0 Å². The Morgan fingerprint density at radius 1 is 1.75 bits per heavy atom. The lowest BCUT2D eigenvalue weighted by atomic mass is 9.82. The number of hydrogen-bond acceptors (Lipinski definition) is 3. The minimum atomic E-state index is -1.09. The number of nitrogens with one attached hydrogen (secondary N) is 1. The summed E-state index contributed by atoms with van der Waals surface area (Å²) in [5, 5.41) is 2.59. The van der Waals surface area contributed by atoms with Crippen molar-refractivity contribution >= 4 is 11.9 Å². The zero-order chi connectivity index (χ0) is 11.8. The van der Waals surface area contributed by atoms with Crippen LogP contribution in [0.15, 0.2) is 12.7 Å². The summed E-state index contributed by atoms with van der Waals surface area (Å²) in [5.74, 6) is -0.749. The third-order valence-electron chi connectivity index (χ3n) is 3.22. The van der Waals surface area contributed by atoms with Crippen molar-refractivity contribution in [3.63, 3.8) is 0 Å². The minimum Gasteiger partial charge on any atom is -0.451 e. The highest BCUT2D eigenvalue weighted by atomic mass is 16.6. The van der Waals surface area contributed by atoms with Gasteiger partial charge in [0, 0.05) is 6.42 Å². The van der Waals surface area contributed by atoms with E-state index < -0.39 is 17.7 Å². The molecular formula is C11H12N2O3. The largest absolute Gasteiger partial charge is 0.451 e. The van der Waals surface area contributed by atoms with Crippen LogP contribution in [0.25, 0.3) is 4.85 Å². The van der Waals surface area contributed by atoms with Crippen LogP contribution in [-0.4, -0.2) is 23.6 Å². The molecule has 0 aromatic heterocycles. The number of fused-ring (bicyclic) bond motifs is 2.